The van der Waals surface area contributed by atoms with Crippen LogP contribution in [0.1, 0.15) is 35.1 Å². The molecule has 0 spiro atoms. The van der Waals surface area contributed by atoms with Gasteiger partial charge in [0.25, 0.3) is 0 Å². The summed E-state index contributed by atoms with van der Waals surface area (Å²) in [7, 11) is 0. The van der Waals surface area contributed by atoms with Crippen molar-refractivity contribution in [2.24, 2.45) is 5.73 Å². The van der Waals surface area contributed by atoms with E-state index < -0.39 is 0 Å². The first kappa shape index (κ1) is 12.3. The molecule has 2 aromatic rings. The van der Waals surface area contributed by atoms with Gasteiger partial charge in [0.15, 0.2) is 0 Å². The molecule has 0 saturated heterocycles. The van der Waals surface area contributed by atoms with Crippen LogP contribution in [0.25, 0.3) is 0 Å². The number of hydrogen-bond acceptors (Lipinski definition) is 2. The van der Waals surface area contributed by atoms with Crippen molar-refractivity contribution in [1.82, 2.24) is 0 Å². The highest BCUT2D eigenvalue weighted by atomic mass is 32.1. The minimum atomic E-state index is -0.324. The van der Waals surface area contributed by atoms with Crippen molar-refractivity contribution in [2.45, 2.75) is 32.2 Å². The van der Waals surface area contributed by atoms with E-state index in [1.807, 2.05) is 6.07 Å². The third-order valence-corrected chi connectivity index (χ3v) is 4.29. The molecule has 1 aromatic heterocycles. The van der Waals surface area contributed by atoms with E-state index in [2.05, 4.69) is 50.2 Å². The molecular weight excluding hydrogens is 226 g/mol. The van der Waals surface area contributed by atoms with Gasteiger partial charge in [-0.2, -0.15) is 0 Å². The molecule has 0 saturated carbocycles. The fourth-order valence-corrected chi connectivity index (χ4v) is 3.24. The van der Waals surface area contributed by atoms with Gasteiger partial charge in [-0.15, -0.1) is 11.3 Å². The first-order valence-electron chi connectivity index (χ1n) is 6.08. The largest absolute Gasteiger partial charge is 0.317 e. The first-order valence-corrected chi connectivity index (χ1v) is 6.90. The topological polar surface area (TPSA) is 26.0 Å². The number of hydrogen-bond donors (Lipinski definition) is 1. The zero-order chi connectivity index (χ0) is 12.3. The predicted octanol–water partition coefficient (Wildman–Crippen LogP) is 4.06. The monoisotopic (exact) mass is 245 g/mol. The fourth-order valence-electron chi connectivity index (χ4n) is 2.21. The molecule has 1 heterocycles. The van der Waals surface area contributed by atoms with Gasteiger partial charge in [-0.05, 0) is 31.0 Å². The van der Waals surface area contributed by atoms with Gasteiger partial charge in [0.2, 0.25) is 0 Å². The van der Waals surface area contributed by atoms with Crippen LogP contribution in [0.5, 0.6) is 0 Å². The minimum Gasteiger partial charge on any atom is -0.317 e. The standard InChI is InChI=1S/C15H19NS/c1-3-11-15(16,13-7-5-4-6-8-13)14-10-9-12(2)17-14/h4-10H,3,11,16H2,1-2H3. The van der Waals surface area contributed by atoms with E-state index in [9.17, 15) is 0 Å². The molecule has 1 atom stereocenters. The number of nitrogens with two attached hydrogens (primary N) is 1. The highest BCUT2D eigenvalue weighted by Gasteiger charge is 2.29. The summed E-state index contributed by atoms with van der Waals surface area (Å²) in [6.45, 7) is 4.32. The maximum atomic E-state index is 6.67. The number of rotatable bonds is 4. The second kappa shape index (κ2) is 5.03. The van der Waals surface area contributed by atoms with Crippen molar-refractivity contribution in [3.05, 3.63) is 57.8 Å². The van der Waals surface area contributed by atoms with E-state index in [1.54, 1.807) is 11.3 Å². The van der Waals surface area contributed by atoms with Gasteiger partial charge >= 0.3 is 0 Å². The molecule has 1 nitrogen and oxygen atoms in total. The molecule has 0 aliphatic rings. The molecule has 2 rings (SSSR count). The van der Waals surface area contributed by atoms with E-state index in [0.717, 1.165) is 12.8 Å². The molecule has 2 heteroatoms. The Morgan fingerprint density at radius 1 is 1.12 bits per heavy atom. The van der Waals surface area contributed by atoms with Crippen molar-refractivity contribution >= 4 is 11.3 Å². The summed E-state index contributed by atoms with van der Waals surface area (Å²) in [5.74, 6) is 0. The smallest absolute Gasteiger partial charge is 0.0759 e. The molecule has 2 N–H and O–H groups in total. The van der Waals surface area contributed by atoms with Crippen molar-refractivity contribution in [2.75, 3.05) is 0 Å². The van der Waals surface area contributed by atoms with Crippen LogP contribution in [0.2, 0.25) is 0 Å². The second-order valence-electron chi connectivity index (χ2n) is 4.50. The lowest BCUT2D eigenvalue weighted by Gasteiger charge is -2.28. The van der Waals surface area contributed by atoms with E-state index >= 15 is 0 Å². The van der Waals surface area contributed by atoms with Crippen LogP contribution >= 0.6 is 11.3 Å². The van der Waals surface area contributed by atoms with Crippen LogP contribution in [0.4, 0.5) is 0 Å². The molecule has 1 aromatic carbocycles. The zero-order valence-electron chi connectivity index (χ0n) is 10.4. The minimum absolute atomic E-state index is 0.324. The Morgan fingerprint density at radius 3 is 2.35 bits per heavy atom. The van der Waals surface area contributed by atoms with Gasteiger partial charge in [0.05, 0.1) is 5.54 Å². The van der Waals surface area contributed by atoms with Gasteiger partial charge in [-0.1, -0.05) is 43.7 Å². The normalized spacial score (nSPS) is 14.5. The van der Waals surface area contributed by atoms with Crippen molar-refractivity contribution in [3.8, 4) is 0 Å². The molecule has 0 bridgehead atoms. The molecule has 0 fully saturated rings. The Kier molecular flexibility index (Phi) is 3.65. The molecule has 0 aliphatic carbocycles. The van der Waals surface area contributed by atoms with E-state index in [0.29, 0.717) is 0 Å². The predicted molar refractivity (Wildman–Crippen MR) is 75.4 cm³/mol. The Hall–Kier alpha value is -1.12. The van der Waals surface area contributed by atoms with E-state index in [4.69, 9.17) is 5.73 Å². The number of thiophene rings is 1. The molecule has 1 unspecified atom stereocenters. The Bertz CT molecular complexity index is 475. The summed E-state index contributed by atoms with van der Waals surface area (Å²) in [5, 5.41) is 0. The van der Waals surface area contributed by atoms with Gasteiger partial charge < -0.3 is 5.73 Å². The average Bonchev–Trinajstić information content (AvgIpc) is 2.78. The Balaban J connectivity index is 2.46. The maximum Gasteiger partial charge on any atom is 0.0759 e. The van der Waals surface area contributed by atoms with Crippen LogP contribution in [0.15, 0.2) is 42.5 Å². The lowest BCUT2D eigenvalue weighted by molar-refractivity contribution is 0.494. The van der Waals surface area contributed by atoms with Crippen molar-refractivity contribution < 1.29 is 0 Å². The van der Waals surface area contributed by atoms with E-state index in [-0.39, 0.29) is 5.54 Å². The Morgan fingerprint density at radius 2 is 1.82 bits per heavy atom. The van der Waals surface area contributed by atoms with Crippen LogP contribution < -0.4 is 5.73 Å². The summed E-state index contributed by atoms with van der Waals surface area (Å²) in [5.41, 5.74) is 7.56. The van der Waals surface area contributed by atoms with Crippen LogP contribution in [-0.2, 0) is 5.54 Å². The summed E-state index contributed by atoms with van der Waals surface area (Å²) in [6, 6.07) is 14.7. The van der Waals surface area contributed by atoms with Gasteiger partial charge in [0, 0.05) is 9.75 Å². The third kappa shape index (κ3) is 2.43. The lowest BCUT2D eigenvalue weighted by atomic mass is 9.85. The molecule has 0 radical (unpaired) electrons. The molecule has 90 valence electrons. The number of benzene rings is 1. The third-order valence-electron chi connectivity index (χ3n) is 3.11. The quantitative estimate of drug-likeness (QED) is 0.863. The average molecular weight is 245 g/mol. The second-order valence-corrected chi connectivity index (χ2v) is 5.79. The molecule has 0 aliphatic heterocycles. The lowest BCUT2D eigenvalue weighted by Crippen LogP contribution is -2.36. The van der Waals surface area contributed by atoms with Gasteiger partial charge in [-0.25, -0.2) is 0 Å². The van der Waals surface area contributed by atoms with Crippen molar-refractivity contribution in [3.63, 3.8) is 0 Å². The first-order chi connectivity index (χ1) is 8.16. The molecular formula is C15H19NS. The van der Waals surface area contributed by atoms with Gasteiger partial charge in [0.1, 0.15) is 0 Å². The molecule has 17 heavy (non-hydrogen) atoms. The highest BCUT2D eigenvalue weighted by molar-refractivity contribution is 7.12. The summed E-state index contributed by atoms with van der Waals surface area (Å²) < 4.78 is 0. The fraction of sp³-hybridized carbons (Fsp3) is 0.333. The van der Waals surface area contributed by atoms with E-state index in [1.165, 1.54) is 15.3 Å². The zero-order valence-corrected chi connectivity index (χ0v) is 11.3. The highest BCUT2D eigenvalue weighted by Crippen LogP contribution is 2.35. The van der Waals surface area contributed by atoms with Crippen molar-refractivity contribution in [1.29, 1.82) is 0 Å². The Labute approximate surface area is 107 Å². The summed E-state index contributed by atoms with van der Waals surface area (Å²) in [6.07, 6.45) is 2.07. The maximum absolute atomic E-state index is 6.67. The van der Waals surface area contributed by atoms with Crippen LogP contribution in [0.3, 0.4) is 0 Å². The van der Waals surface area contributed by atoms with Gasteiger partial charge in [-0.3, -0.25) is 0 Å². The van der Waals surface area contributed by atoms with Crippen LogP contribution in [0, 0.1) is 6.92 Å². The van der Waals surface area contributed by atoms with Crippen LogP contribution in [-0.4, -0.2) is 0 Å². The summed E-state index contributed by atoms with van der Waals surface area (Å²) >= 11 is 1.80. The molecule has 0 amide bonds. The summed E-state index contributed by atoms with van der Waals surface area (Å²) in [4.78, 5) is 2.59. The number of aryl methyl sites for hydroxylation is 1. The SMILES string of the molecule is CCCC(N)(c1ccccc1)c1ccc(C)s1.